The Morgan fingerprint density at radius 2 is 1.64 bits per heavy atom. The number of aliphatic hydroxyl groups excluding tert-OH is 1. The Morgan fingerprint density at radius 1 is 0.974 bits per heavy atom. The van der Waals surface area contributed by atoms with Crippen LogP contribution < -0.4 is 19.7 Å². The largest absolute Gasteiger partial charge is 0.493 e. The van der Waals surface area contributed by atoms with E-state index < -0.39 is 29.8 Å². The minimum atomic E-state index is -1.36. The van der Waals surface area contributed by atoms with E-state index in [0.717, 1.165) is 22.0 Å². The normalized spacial score (nSPS) is 17.5. The molecular formula is C31H29ClN2O5. The van der Waals surface area contributed by atoms with Gasteiger partial charge in [0.15, 0.2) is 17.3 Å². The molecule has 200 valence electrons. The zero-order valence-electron chi connectivity index (χ0n) is 21.9. The molecule has 8 heteroatoms. The van der Waals surface area contributed by atoms with E-state index in [9.17, 15) is 14.7 Å². The van der Waals surface area contributed by atoms with Crippen LogP contribution in [0.2, 0.25) is 5.02 Å². The van der Waals surface area contributed by atoms with Gasteiger partial charge in [-0.25, -0.2) is 0 Å². The number of halogens is 1. The highest BCUT2D eigenvalue weighted by atomic mass is 35.5. The number of nitrogens with zero attached hydrogens (tertiary/aromatic N) is 1. The van der Waals surface area contributed by atoms with E-state index in [-0.39, 0.29) is 0 Å². The Hall–Kier alpha value is -4.07. The highest BCUT2D eigenvalue weighted by Gasteiger charge is 2.45. The molecular weight excluding hydrogens is 516 g/mol. The van der Waals surface area contributed by atoms with Crippen molar-refractivity contribution in [1.82, 2.24) is 0 Å². The highest BCUT2D eigenvalue weighted by molar-refractivity contribution is 6.30. The van der Waals surface area contributed by atoms with Crippen LogP contribution in [0.25, 0.3) is 10.8 Å². The lowest BCUT2D eigenvalue weighted by Crippen LogP contribution is -2.49. The molecule has 0 fully saturated rings. The summed E-state index contributed by atoms with van der Waals surface area (Å²) in [6.45, 7) is 0. The van der Waals surface area contributed by atoms with E-state index >= 15 is 0 Å². The zero-order chi connectivity index (χ0) is 27.7. The van der Waals surface area contributed by atoms with Crippen LogP contribution in [0.15, 0.2) is 78.9 Å². The van der Waals surface area contributed by atoms with Crippen LogP contribution in [-0.2, 0) is 16.0 Å². The van der Waals surface area contributed by atoms with Crippen LogP contribution in [0.4, 0.5) is 11.4 Å². The van der Waals surface area contributed by atoms with Gasteiger partial charge in [0.1, 0.15) is 5.92 Å². The molecule has 1 aliphatic rings. The standard InChI is InChI=1S/C31H29ClN2O5/c1-34-25-17-27(39-3)26(38-2)16-23(25)29(35)28(31(34)37)30(36)24(14-18-8-11-21(32)12-9-18)33-22-13-10-19-6-4-5-7-20(19)15-22/h4-13,15-17,24,28-29,33,35H,14H2,1-3H3. The van der Waals surface area contributed by atoms with Gasteiger partial charge >= 0.3 is 0 Å². The van der Waals surface area contributed by atoms with Crippen molar-refractivity contribution in [2.45, 2.75) is 18.6 Å². The van der Waals surface area contributed by atoms with E-state index in [2.05, 4.69) is 5.32 Å². The number of anilines is 2. The predicted octanol–water partition coefficient (Wildman–Crippen LogP) is 5.43. The fraction of sp³-hybridized carbons (Fsp3) is 0.226. The molecule has 3 unspecified atom stereocenters. The summed E-state index contributed by atoms with van der Waals surface area (Å²) in [5.74, 6) is -1.40. The number of aliphatic hydroxyl groups is 1. The lowest BCUT2D eigenvalue weighted by molar-refractivity contribution is -0.138. The molecule has 0 bridgehead atoms. The van der Waals surface area contributed by atoms with Gasteiger partial charge in [0.25, 0.3) is 0 Å². The van der Waals surface area contributed by atoms with E-state index in [0.29, 0.717) is 34.2 Å². The molecule has 0 radical (unpaired) electrons. The summed E-state index contributed by atoms with van der Waals surface area (Å²) in [7, 11) is 4.58. The smallest absolute Gasteiger partial charge is 0.240 e. The number of amides is 1. The van der Waals surface area contributed by atoms with Gasteiger partial charge in [0.05, 0.1) is 32.1 Å². The van der Waals surface area contributed by atoms with Crippen LogP contribution >= 0.6 is 11.6 Å². The maximum Gasteiger partial charge on any atom is 0.240 e. The molecule has 0 aliphatic carbocycles. The van der Waals surface area contributed by atoms with Crippen LogP contribution in [0.5, 0.6) is 11.5 Å². The highest BCUT2D eigenvalue weighted by Crippen LogP contribution is 2.44. The topological polar surface area (TPSA) is 88.1 Å². The Morgan fingerprint density at radius 3 is 2.33 bits per heavy atom. The minimum absolute atomic E-state index is 0.293. The number of hydrogen-bond acceptors (Lipinski definition) is 6. The number of carbonyl (C=O) groups excluding carboxylic acids is 2. The zero-order valence-corrected chi connectivity index (χ0v) is 22.6. The summed E-state index contributed by atoms with van der Waals surface area (Å²) in [6, 6.07) is 23.5. The van der Waals surface area contributed by atoms with Gasteiger partial charge in [-0.3, -0.25) is 9.59 Å². The van der Waals surface area contributed by atoms with E-state index in [4.69, 9.17) is 21.1 Å². The van der Waals surface area contributed by atoms with Crippen molar-refractivity contribution < 1.29 is 24.2 Å². The van der Waals surface area contributed by atoms with E-state index in [1.165, 1.54) is 19.1 Å². The predicted molar refractivity (Wildman–Crippen MR) is 153 cm³/mol. The fourth-order valence-corrected chi connectivity index (χ4v) is 5.23. The van der Waals surface area contributed by atoms with Gasteiger partial charge in [-0.15, -0.1) is 0 Å². The molecule has 7 nitrogen and oxygen atoms in total. The molecule has 3 atom stereocenters. The SMILES string of the molecule is COc1cc2c(cc1OC)N(C)C(=O)C(C(=O)C(Cc1ccc(Cl)cc1)Nc1ccc3ccccc3c1)C2O. The average Bonchev–Trinajstić information content (AvgIpc) is 2.96. The number of rotatable bonds is 8. The van der Waals surface area contributed by atoms with Gasteiger partial charge in [-0.1, -0.05) is 54.1 Å². The maximum absolute atomic E-state index is 14.1. The summed E-state index contributed by atoms with van der Waals surface area (Å²) in [5.41, 5.74) is 2.48. The molecule has 1 aliphatic heterocycles. The van der Waals surface area contributed by atoms with Crippen molar-refractivity contribution >= 4 is 45.4 Å². The molecule has 39 heavy (non-hydrogen) atoms. The molecule has 0 saturated heterocycles. The lowest BCUT2D eigenvalue weighted by Gasteiger charge is -2.36. The summed E-state index contributed by atoms with van der Waals surface area (Å²) in [5, 5.41) is 17.4. The lowest BCUT2D eigenvalue weighted by atomic mass is 9.82. The van der Waals surface area contributed by atoms with Crippen molar-refractivity contribution in [3.8, 4) is 11.5 Å². The van der Waals surface area contributed by atoms with Gasteiger partial charge in [-0.2, -0.15) is 0 Å². The molecule has 1 heterocycles. The Labute approximate surface area is 231 Å². The van der Waals surface area contributed by atoms with E-state index in [1.807, 2.05) is 54.6 Å². The van der Waals surface area contributed by atoms with Gasteiger partial charge < -0.3 is 24.8 Å². The maximum atomic E-state index is 14.1. The van der Waals surface area contributed by atoms with Crippen molar-refractivity contribution in [1.29, 1.82) is 0 Å². The fourth-order valence-electron chi connectivity index (χ4n) is 5.11. The Balaban J connectivity index is 1.52. The number of fused-ring (bicyclic) bond motifs is 2. The second-order valence-electron chi connectivity index (χ2n) is 9.58. The molecule has 0 saturated carbocycles. The molecule has 0 aromatic heterocycles. The number of benzene rings is 4. The number of carbonyl (C=O) groups is 2. The number of ether oxygens (including phenoxy) is 2. The third-order valence-electron chi connectivity index (χ3n) is 7.22. The van der Waals surface area contributed by atoms with Gasteiger partial charge in [-0.05, 0) is 53.1 Å². The van der Waals surface area contributed by atoms with E-state index in [1.54, 1.807) is 31.3 Å². The Kier molecular flexibility index (Phi) is 7.46. The molecule has 1 amide bonds. The summed E-state index contributed by atoms with van der Waals surface area (Å²) < 4.78 is 10.8. The number of nitrogens with one attached hydrogen (secondary N) is 1. The summed E-state index contributed by atoms with van der Waals surface area (Å²) in [6.07, 6.45) is -1.07. The first-order valence-corrected chi connectivity index (χ1v) is 12.9. The van der Waals surface area contributed by atoms with Gasteiger partial charge in [0, 0.05) is 29.4 Å². The minimum Gasteiger partial charge on any atom is -0.493 e. The second kappa shape index (κ2) is 11.0. The van der Waals surface area contributed by atoms with Crippen LogP contribution in [0, 0.1) is 5.92 Å². The quantitative estimate of drug-likeness (QED) is 0.288. The first-order valence-electron chi connectivity index (χ1n) is 12.6. The van der Waals surface area contributed by atoms with Crippen molar-refractivity contribution in [2.75, 3.05) is 31.5 Å². The Bertz CT molecular complexity index is 1540. The number of methoxy groups -OCH3 is 2. The molecule has 5 rings (SSSR count). The molecule has 2 N–H and O–H groups in total. The van der Waals surface area contributed by atoms with Crippen LogP contribution in [0.1, 0.15) is 17.2 Å². The van der Waals surface area contributed by atoms with Crippen molar-refractivity contribution in [3.63, 3.8) is 0 Å². The molecule has 4 aromatic rings. The first kappa shape index (κ1) is 26.5. The van der Waals surface area contributed by atoms with Crippen molar-refractivity contribution in [3.05, 3.63) is 95.0 Å². The third kappa shape index (κ3) is 5.15. The number of Topliss-reactive ketones (excluding diaryl/α,β-unsaturated/α-hetero) is 1. The third-order valence-corrected chi connectivity index (χ3v) is 7.47. The van der Waals surface area contributed by atoms with Crippen LogP contribution in [0.3, 0.4) is 0 Å². The van der Waals surface area contributed by atoms with Gasteiger partial charge in [0.2, 0.25) is 5.91 Å². The number of ketones is 1. The summed E-state index contributed by atoms with van der Waals surface area (Å²) >= 11 is 6.08. The first-order chi connectivity index (χ1) is 18.8. The van der Waals surface area contributed by atoms with Crippen LogP contribution in [-0.4, -0.2) is 44.1 Å². The average molecular weight is 545 g/mol. The summed E-state index contributed by atoms with van der Waals surface area (Å²) in [4.78, 5) is 29.1. The molecule has 0 spiro atoms. The monoisotopic (exact) mass is 544 g/mol. The molecule has 4 aromatic carbocycles. The van der Waals surface area contributed by atoms with Crippen molar-refractivity contribution in [2.24, 2.45) is 5.92 Å². The number of hydrogen-bond donors (Lipinski definition) is 2. The second-order valence-corrected chi connectivity index (χ2v) is 10.0.